The van der Waals surface area contributed by atoms with E-state index in [-0.39, 0.29) is 24.8 Å². The van der Waals surface area contributed by atoms with Crippen LogP contribution in [0.3, 0.4) is 0 Å². The average molecular weight is 308 g/mol. The van der Waals surface area contributed by atoms with E-state index in [1.807, 2.05) is 12.1 Å². The molecule has 7 nitrogen and oxygen atoms in total. The Kier molecular flexibility index (Phi) is 5.97. The first kappa shape index (κ1) is 16.5. The molecular formula is C15H24N4O3. The van der Waals surface area contributed by atoms with E-state index < -0.39 is 0 Å². The van der Waals surface area contributed by atoms with Crippen LogP contribution in [0.4, 0.5) is 16.3 Å². The topological polar surface area (TPSA) is 86.7 Å². The molecule has 1 aliphatic heterocycles. The van der Waals surface area contributed by atoms with Crippen LogP contribution in [0.5, 0.6) is 0 Å². The van der Waals surface area contributed by atoms with E-state index in [0.717, 1.165) is 18.9 Å². The van der Waals surface area contributed by atoms with Gasteiger partial charge >= 0.3 is 6.03 Å². The lowest BCUT2D eigenvalue weighted by Crippen LogP contribution is -2.45. The van der Waals surface area contributed by atoms with E-state index in [9.17, 15) is 4.79 Å². The van der Waals surface area contributed by atoms with Crippen LogP contribution >= 0.6 is 0 Å². The molecule has 1 saturated heterocycles. The Hall–Kier alpha value is -1.86. The smallest absolute Gasteiger partial charge is 0.319 e. The number of hydrogen-bond acceptors (Lipinski definition) is 5. The highest BCUT2D eigenvalue weighted by Gasteiger charge is 2.22. The third kappa shape index (κ3) is 4.85. The first-order valence-corrected chi connectivity index (χ1v) is 7.60. The molecule has 0 bridgehead atoms. The van der Waals surface area contributed by atoms with Crippen molar-refractivity contribution in [2.24, 2.45) is 0 Å². The van der Waals surface area contributed by atoms with Crippen molar-refractivity contribution in [3.05, 3.63) is 18.3 Å². The molecule has 2 amide bonds. The number of nitrogens with zero attached hydrogens (tertiary/aromatic N) is 2. The highest BCUT2D eigenvalue weighted by molar-refractivity contribution is 5.89. The van der Waals surface area contributed by atoms with Crippen molar-refractivity contribution in [2.75, 3.05) is 36.5 Å². The quantitative estimate of drug-likeness (QED) is 0.712. The van der Waals surface area contributed by atoms with Crippen molar-refractivity contribution in [3.8, 4) is 0 Å². The Morgan fingerprint density at radius 2 is 2.14 bits per heavy atom. The predicted octanol–water partition coefficient (Wildman–Crippen LogP) is 1.20. The third-order valence-corrected chi connectivity index (χ3v) is 3.37. The molecule has 1 aliphatic rings. The number of nitrogens with one attached hydrogen (secondary N) is 2. The van der Waals surface area contributed by atoms with Gasteiger partial charge in [-0.2, -0.15) is 0 Å². The fourth-order valence-corrected chi connectivity index (χ4v) is 2.47. The highest BCUT2D eigenvalue weighted by Crippen LogP contribution is 2.19. The van der Waals surface area contributed by atoms with Crippen LogP contribution in [-0.4, -0.2) is 54.6 Å². The minimum atomic E-state index is -0.295. The number of carbonyl (C=O) groups excluding carboxylic acids is 1. The highest BCUT2D eigenvalue weighted by atomic mass is 16.5. The second kappa shape index (κ2) is 7.95. The molecule has 1 fully saturated rings. The summed E-state index contributed by atoms with van der Waals surface area (Å²) >= 11 is 0. The summed E-state index contributed by atoms with van der Waals surface area (Å²) in [6.07, 6.45) is 2.55. The molecule has 3 N–H and O–H groups in total. The van der Waals surface area contributed by atoms with Crippen molar-refractivity contribution in [2.45, 2.75) is 32.5 Å². The summed E-state index contributed by atoms with van der Waals surface area (Å²) in [6.45, 7) is 6.23. The Morgan fingerprint density at radius 3 is 2.73 bits per heavy atom. The number of rotatable bonds is 5. The lowest BCUT2D eigenvalue weighted by Gasteiger charge is -2.36. The number of pyridine rings is 1. The second-order valence-corrected chi connectivity index (χ2v) is 5.53. The molecule has 122 valence electrons. The van der Waals surface area contributed by atoms with Gasteiger partial charge in [-0.25, -0.2) is 9.78 Å². The maximum Gasteiger partial charge on any atom is 0.319 e. The van der Waals surface area contributed by atoms with Gasteiger partial charge in [0.15, 0.2) is 0 Å². The number of anilines is 2. The second-order valence-electron chi connectivity index (χ2n) is 5.53. The summed E-state index contributed by atoms with van der Waals surface area (Å²) in [5.41, 5.74) is 0.639. The summed E-state index contributed by atoms with van der Waals surface area (Å²) < 4.78 is 5.71. The normalized spacial score (nSPS) is 21.5. The van der Waals surface area contributed by atoms with Crippen LogP contribution in [0.15, 0.2) is 18.3 Å². The zero-order chi connectivity index (χ0) is 15.9. The SMILES string of the molecule is CC1CN(c2ccc(NC(=O)NCCCO)cn2)CC(C)O1. The molecule has 2 heterocycles. The lowest BCUT2D eigenvalue weighted by molar-refractivity contribution is -0.00545. The van der Waals surface area contributed by atoms with Crippen LogP contribution in [0.25, 0.3) is 0 Å². The maximum absolute atomic E-state index is 11.6. The molecule has 0 aliphatic carbocycles. The minimum absolute atomic E-state index is 0.0624. The third-order valence-electron chi connectivity index (χ3n) is 3.37. The number of ether oxygens (including phenoxy) is 1. The number of carbonyl (C=O) groups is 1. The van der Waals surface area contributed by atoms with Gasteiger partial charge in [0.05, 0.1) is 24.1 Å². The van der Waals surface area contributed by atoms with E-state index >= 15 is 0 Å². The molecule has 2 rings (SSSR count). The molecule has 0 spiro atoms. The first-order chi connectivity index (χ1) is 10.6. The summed E-state index contributed by atoms with van der Waals surface area (Å²) in [4.78, 5) is 18.2. The van der Waals surface area contributed by atoms with Crippen LogP contribution in [0, 0.1) is 0 Å². The standard InChI is InChI=1S/C15H24N4O3/c1-11-9-19(10-12(2)22-11)14-5-4-13(8-17-14)18-15(21)16-6-3-7-20/h4-5,8,11-12,20H,3,6-7,9-10H2,1-2H3,(H2,16,18,21). The van der Waals surface area contributed by atoms with Gasteiger partial charge in [-0.15, -0.1) is 0 Å². The first-order valence-electron chi connectivity index (χ1n) is 7.60. The van der Waals surface area contributed by atoms with E-state index in [1.165, 1.54) is 0 Å². The Balaban J connectivity index is 1.88. The molecule has 22 heavy (non-hydrogen) atoms. The zero-order valence-corrected chi connectivity index (χ0v) is 13.1. The number of hydrogen-bond donors (Lipinski definition) is 3. The monoisotopic (exact) mass is 308 g/mol. The van der Waals surface area contributed by atoms with Crippen molar-refractivity contribution >= 4 is 17.5 Å². The molecule has 0 saturated carbocycles. The minimum Gasteiger partial charge on any atom is -0.396 e. The largest absolute Gasteiger partial charge is 0.396 e. The number of aliphatic hydroxyl groups excluding tert-OH is 1. The van der Waals surface area contributed by atoms with Crippen LogP contribution in [0.1, 0.15) is 20.3 Å². The van der Waals surface area contributed by atoms with Crippen molar-refractivity contribution in [1.29, 1.82) is 0 Å². The van der Waals surface area contributed by atoms with Gasteiger partial charge in [0.1, 0.15) is 5.82 Å². The fourth-order valence-electron chi connectivity index (χ4n) is 2.47. The predicted molar refractivity (Wildman–Crippen MR) is 85.2 cm³/mol. The summed E-state index contributed by atoms with van der Waals surface area (Å²) in [6, 6.07) is 3.43. The molecule has 1 aromatic rings. The Bertz CT molecular complexity index is 470. The number of urea groups is 1. The molecular weight excluding hydrogens is 284 g/mol. The van der Waals surface area contributed by atoms with Gasteiger partial charge in [-0.05, 0) is 32.4 Å². The number of amides is 2. The van der Waals surface area contributed by atoms with E-state index in [4.69, 9.17) is 9.84 Å². The van der Waals surface area contributed by atoms with Crippen molar-refractivity contribution < 1.29 is 14.6 Å². The lowest BCUT2D eigenvalue weighted by atomic mass is 10.2. The number of aliphatic hydroxyl groups is 1. The number of morpholine rings is 1. The van der Waals surface area contributed by atoms with Gasteiger partial charge in [-0.1, -0.05) is 0 Å². The van der Waals surface area contributed by atoms with Crippen LogP contribution < -0.4 is 15.5 Å². The molecule has 0 aromatic carbocycles. The van der Waals surface area contributed by atoms with Gasteiger partial charge in [0.2, 0.25) is 0 Å². The summed E-state index contributed by atoms with van der Waals surface area (Å²) in [7, 11) is 0. The van der Waals surface area contributed by atoms with Crippen LogP contribution in [0.2, 0.25) is 0 Å². The van der Waals surface area contributed by atoms with Crippen molar-refractivity contribution in [3.63, 3.8) is 0 Å². The Labute approximate surface area is 130 Å². The molecule has 2 atom stereocenters. The van der Waals surface area contributed by atoms with Gasteiger partial charge < -0.3 is 25.4 Å². The average Bonchev–Trinajstić information content (AvgIpc) is 2.47. The zero-order valence-electron chi connectivity index (χ0n) is 13.1. The summed E-state index contributed by atoms with van der Waals surface area (Å²) in [5, 5.41) is 14.0. The van der Waals surface area contributed by atoms with E-state index in [0.29, 0.717) is 18.7 Å². The van der Waals surface area contributed by atoms with E-state index in [2.05, 4.69) is 34.4 Å². The molecule has 7 heteroatoms. The van der Waals surface area contributed by atoms with Gasteiger partial charge in [-0.3, -0.25) is 0 Å². The van der Waals surface area contributed by atoms with Crippen molar-refractivity contribution in [1.82, 2.24) is 10.3 Å². The van der Waals surface area contributed by atoms with Crippen LogP contribution in [-0.2, 0) is 4.74 Å². The number of aromatic nitrogens is 1. The molecule has 0 radical (unpaired) electrons. The maximum atomic E-state index is 11.6. The fraction of sp³-hybridized carbons (Fsp3) is 0.600. The van der Waals surface area contributed by atoms with Gasteiger partial charge in [0.25, 0.3) is 0 Å². The molecule has 2 unspecified atom stereocenters. The Morgan fingerprint density at radius 1 is 1.41 bits per heavy atom. The van der Waals surface area contributed by atoms with E-state index in [1.54, 1.807) is 6.20 Å². The summed E-state index contributed by atoms with van der Waals surface area (Å²) in [5.74, 6) is 0.883. The van der Waals surface area contributed by atoms with Gasteiger partial charge in [0, 0.05) is 26.2 Å². The molecule has 1 aromatic heterocycles.